The normalized spacial score (nSPS) is 14.9. The molecule has 6 heteroatoms. The van der Waals surface area contributed by atoms with Crippen molar-refractivity contribution in [3.63, 3.8) is 0 Å². The van der Waals surface area contributed by atoms with E-state index in [2.05, 4.69) is 29.2 Å². The van der Waals surface area contributed by atoms with E-state index in [0.29, 0.717) is 26.2 Å². The third-order valence-electron chi connectivity index (χ3n) is 5.65. The van der Waals surface area contributed by atoms with Gasteiger partial charge in [-0.3, -0.25) is 9.69 Å². The molecule has 1 fully saturated rings. The lowest BCUT2D eigenvalue weighted by Gasteiger charge is -2.39. The summed E-state index contributed by atoms with van der Waals surface area (Å²) in [5, 5.41) is 0. The highest BCUT2D eigenvalue weighted by molar-refractivity contribution is 5.91. The molecule has 0 atom stereocenters. The summed E-state index contributed by atoms with van der Waals surface area (Å²) < 4.78 is 39.8. The van der Waals surface area contributed by atoms with E-state index >= 15 is 0 Å². The largest absolute Gasteiger partial charge is 0.337 e. The molecule has 1 aliphatic rings. The summed E-state index contributed by atoms with van der Waals surface area (Å²) in [7, 11) is 0. The Hall–Kier alpha value is -3.38. The van der Waals surface area contributed by atoms with E-state index in [1.165, 1.54) is 23.3 Å². The molecule has 3 nitrogen and oxygen atoms in total. The number of hydrogen-bond acceptors (Lipinski definition) is 2. The van der Waals surface area contributed by atoms with Crippen LogP contribution in [0.5, 0.6) is 0 Å². The predicted molar refractivity (Wildman–Crippen MR) is 118 cm³/mol. The molecule has 1 amide bonds. The van der Waals surface area contributed by atoms with Crippen LogP contribution in [-0.2, 0) is 4.79 Å². The SMILES string of the molecule is O=C(C=Cc1cc(F)c(F)c(F)c1)N1CCN(C(c2ccccc2)c2ccccc2)CC1. The lowest BCUT2D eigenvalue weighted by molar-refractivity contribution is -0.127. The first-order valence-electron chi connectivity index (χ1n) is 10.5. The van der Waals surface area contributed by atoms with Gasteiger partial charge >= 0.3 is 0 Å². The highest BCUT2D eigenvalue weighted by Crippen LogP contribution is 2.29. The maximum atomic E-state index is 13.4. The average molecular weight is 436 g/mol. The van der Waals surface area contributed by atoms with Gasteiger partial charge in [0.2, 0.25) is 5.91 Å². The molecule has 0 aliphatic carbocycles. The highest BCUT2D eigenvalue weighted by Gasteiger charge is 2.27. The molecule has 1 heterocycles. The number of hydrogen-bond donors (Lipinski definition) is 0. The number of rotatable bonds is 5. The molecule has 0 aromatic heterocycles. The second-order valence-corrected chi connectivity index (χ2v) is 7.72. The summed E-state index contributed by atoms with van der Waals surface area (Å²) in [5.41, 5.74) is 2.49. The first-order chi connectivity index (χ1) is 15.5. The van der Waals surface area contributed by atoms with Gasteiger partial charge in [-0.15, -0.1) is 0 Å². The van der Waals surface area contributed by atoms with Gasteiger partial charge in [0, 0.05) is 32.3 Å². The number of carbonyl (C=O) groups is 1. The van der Waals surface area contributed by atoms with Gasteiger partial charge in [0.15, 0.2) is 17.5 Å². The van der Waals surface area contributed by atoms with E-state index in [-0.39, 0.29) is 17.5 Å². The molecule has 0 saturated carbocycles. The van der Waals surface area contributed by atoms with Gasteiger partial charge in [-0.05, 0) is 34.9 Å². The van der Waals surface area contributed by atoms with Crippen molar-refractivity contribution in [3.05, 3.63) is 113 Å². The van der Waals surface area contributed by atoms with Crippen molar-refractivity contribution in [2.45, 2.75) is 6.04 Å². The first kappa shape index (κ1) is 21.8. The Bertz CT molecular complexity index is 1030. The summed E-state index contributed by atoms with van der Waals surface area (Å²) in [4.78, 5) is 16.6. The minimum atomic E-state index is -1.52. The summed E-state index contributed by atoms with van der Waals surface area (Å²) in [5.74, 6) is -4.32. The van der Waals surface area contributed by atoms with E-state index < -0.39 is 17.5 Å². The number of carbonyl (C=O) groups excluding carboxylic acids is 1. The molecular weight excluding hydrogens is 413 g/mol. The van der Waals surface area contributed by atoms with Gasteiger partial charge in [0.1, 0.15) is 0 Å². The van der Waals surface area contributed by atoms with Crippen LogP contribution in [0, 0.1) is 17.5 Å². The molecule has 0 N–H and O–H groups in total. The van der Waals surface area contributed by atoms with Gasteiger partial charge < -0.3 is 4.90 Å². The summed E-state index contributed by atoms with van der Waals surface area (Å²) in [6.45, 7) is 2.44. The molecule has 1 saturated heterocycles. The molecule has 0 radical (unpaired) electrons. The van der Waals surface area contributed by atoms with Gasteiger partial charge in [-0.2, -0.15) is 0 Å². The number of halogens is 3. The van der Waals surface area contributed by atoms with E-state index in [1.807, 2.05) is 36.4 Å². The molecule has 3 aromatic carbocycles. The monoisotopic (exact) mass is 436 g/mol. The summed E-state index contributed by atoms with van der Waals surface area (Å²) in [6.07, 6.45) is 2.57. The van der Waals surface area contributed by atoms with E-state index in [0.717, 1.165) is 12.1 Å². The van der Waals surface area contributed by atoms with Gasteiger partial charge in [0.05, 0.1) is 6.04 Å². The quantitative estimate of drug-likeness (QED) is 0.413. The number of piperazine rings is 1. The Morgan fingerprint density at radius 2 is 1.28 bits per heavy atom. The zero-order valence-electron chi connectivity index (χ0n) is 17.4. The zero-order chi connectivity index (χ0) is 22.5. The van der Waals surface area contributed by atoms with E-state index in [4.69, 9.17) is 0 Å². The smallest absolute Gasteiger partial charge is 0.246 e. The molecule has 4 rings (SSSR count). The number of amides is 1. The molecule has 3 aromatic rings. The standard InChI is InChI=1S/C26H23F3N2O/c27-22-17-19(18-23(28)25(22)29)11-12-24(32)30-13-15-31(16-14-30)26(20-7-3-1-4-8-20)21-9-5-2-6-10-21/h1-12,17-18,26H,13-16H2. The third kappa shape index (κ3) is 4.92. The van der Waals surface area contributed by atoms with Crippen LogP contribution in [0.2, 0.25) is 0 Å². The van der Waals surface area contributed by atoms with Crippen LogP contribution < -0.4 is 0 Å². The maximum absolute atomic E-state index is 13.4. The fourth-order valence-corrected chi connectivity index (χ4v) is 4.03. The second kappa shape index (κ2) is 9.83. The van der Waals surface area contributed by atoms with Gasteiger partial charge in [-0.1, -0.05) is 60.7 Å². The van der Waals surface area contributed by atoms with Crippen LogP contribution in [-0.4, -0.2) is 41.9 Å². The number of nitrogens with zero attached hydrogens (tertiary/aromatic N) is 2. The zero-order valence-corrected chi connectivity index (χ0v) is 17.4. The van der Waals surface area contributed by atoms with Crippen molar-refractivity contribution < 1.29 is 18.0 Å². The fourth-order valence-electron chi connectivity index (χ4n) is 4.03. The van der Waals surface area contributed by atoms with Gasteiger partial charge in [-0.25, -0.2) is 13.2 Å². The average Bonchev–Trinajstić information content (AvgIpc) is 2.83. The van der Waals surface area contributed by atoms with Crippen LogP contribution >= 0.6 is 0 Å². The molecule has 0 unspecified atom stereocenters. The number of benzene rings is 3. The fraction of sp³-hybridized carbons (Fsp3) is 0.192. The van der Waals surface area contributed by atoms with E-state index in [9.17, 15) is 18.0 Å². The lowest BCUT2D eigenvalue weighted by Crippen LogP contribution is -2.49. The Kier molecular flexibility index (Phi) is 6.71. The highest BCUT2D eigenvalue weighted by atomic mass is 19.2. The molecular formula is C26H23F3N2O. The summed E-state index contributed by atoms with van der Waals surface area (Å²) >= 11 is 0. The molecule has 0 bridgehead atoms. The lowest BCUT2D eigenvalue weighted by atomic mass is 9.96. The van der Waals surface area contributed by atoms with Crippen molar-refractivity contribution in [1.82, 2.24) is 9.80 Å². The first-order valence-corrected chi connectivity index (χ1v) is 10.5. The van der Waals surface area contributed by atoms with Crippen LogP contribution in [0.4, 0.5) is 13.2 Å². The molecule has 32 heavy (non-hydrogen) atoms. The van der Waals surface area contributed by atoms with Crippen LogP contribution in [0.25, 0.3) is 6.08 Å². The maximum Gasteiger partial charge on any atom is 0.246 e. The molecule has 0 spiro atoms. The topological polar surface area (TPSA) is 23.6 Å². The Balaban J connectivity index is 1.44. The minimum absolute atomic E-state index is 0.0929. The predicted octanol–water partition coefficient (Wildman–Crippen LogP) is 5.05. The van der Waals surface area contributed by atoms with Crippen LogP contribution in [0.15, 0.2) is 78.9 Å². The minimum Gasteiger partial charge on any atom is -0.337 e. The van der Waals surface area contributed by atoms with Crippen molar-refractivity contribution >= 4 is 12.0 Å². The summed E-state index contributed by atoms with van der Waals surface area (Å²) in [6, 6.07) is 22.3. The molecule has 1 aliphatic heterocycles. The molecule has 164 valence electrons. The third-order valence-corrected chi connectivity index (χ3v) is 5.65. The van der Waals surface area contributed by atoms with E-state index in [1.54, 1.807) is 4.90 Å². The van der Waals surface area contributed by atoms with Gasteiger partial charge in [0.25, 0.3) is 0 Å². The van der Waals surface area contributed by atoms with Crippen molar-refractivity contribution in [2.24, 2.45) is 0 Å². The van der Waals surface area contributed by atoms with Crippen molar-refractivity contribution in [3.8, 4) is 0 Å². The Morgan fingerprint density at radius 3 is 1.78 bits per heavy atom. The van der Waals surface area contributed by atoms with Crippen LogP contribution in [0.1, 0.15) is 22.7 Å². The Labute approximate surface area is 185 Å². The second-order valence-electron chi connectivity index (χ2n) is 7.72. The van der Waals surface area contributed by atoms with Crippen molar-refractivity contribution in [1.29, 1.82) is 0 Å². The van der Waals surface area contributed by atoms with Crippen LogP contribution in [0.3, 0.4) is 0 Å². The van der Waals surface area contributed by atoms with Crippen molar-refractivity contribution in [2.75, 3.05) is 26.2 Å². The Morgan fingerprint density at radius 1 is 0.781 bits per heavy atom.